The van der Waals surface area contributed by atoms with Gasteiger partial charge in [-0.3, -0.25) is 0 Å². The molecule has 2 amide bonds. The molecular formula is C14H21Cl2N3O. The van der Waals surface area contributed by atoms with Gasteiger partial charge in [-0.1, -0.05) is 23.7 Å². The van der Waals surface area contributed by atoms with E-state index >= 15 is 0 Å². The van der Waals surface area contributed by atoms with Crippen LogP contribution in [0.5, 0.6) is 0 Å². The molecule has 0 saturated carbocycles. The van der Waals surface area contributed by atoms with Gasteiger partial charge in [-0.05, 0) is 44.9 Å². The highest BCUT2D eigenvalue weighted by Gasteiger charge is 2.22. The summed E-state index contributed by atoms with van der Waals surface area (Å²) < 4.78 is 0. The Bertz CT molecular complexity index is 441. The van der Waals surface area contributed by atoms with Crippen molar-refractivity contribution >= 4 is 35.7 Å². The number of benzene rings is 1. The minimum atomic E-state index is -0.211. The third-order valence-corrected chi connectivity index (χ3v) is 3.84. The number of para-hydroxylation sites is 1. The summed E-state index contributed by atoms with van der Waals surface area (Å²) in [6.07, 6.45) is 2.27. The first-order valence-electron chi connectivity index (χ1n) is 6.64. The Kier molecular flexibility index (Phi) is 6.59. The van der Waals surface area contributed by atoms with Crippen LogP contribution < -0.4 is 16.0 Å². The molecule has 112 valence electrons. The highest BCUT2D eigenvalue weighted by Crippen LogP contribution is 2.25. The van der Waals surface area contributed by atoms with Gasteiger partial charge in [0.2, 0.25) is 0 Å². The standard InChI is InChI=1S/C14H20ClN3O.ClH/c1-9-5-3-6-11(15)13(9)18-14(19)17-10(2)12-7-4-8-16-12;/h3,5-6,10,12,16H,4,7-8H2,1-2H3,(H2,17,18,19);1H. The van der Waals surface area contributed by atoms with Crippen LogP contribution in [-0.4, -0.2) is 24.7 Å². The zero-order valence-electron chi connectivity index (χ0n) is 11.7. The predicted molar refractivity (Wildman–Crippen MR) is 86.1 cm³/mol. The van der Waals surface area contributed by atoms with Crippen LogP contribution >= 0.6 is 24.0 Å². The molecule has 1 aromatic rings. The first-order chi connectivity index (χ1) is 9.08. The largest absolute Gasteiger partial charge is 0.334 e. The van der Waals surface area contributed by atoms with Crippen molar-refractivity contribution in [1.29, 1.82) is 0 Å². The molecule has 4 nitrogen and oxygen atoms in total. The van der Waals surface area contributed by atoms with Gasteiger partial charge in [0.25, 0.3) is 0 Å². The Labute approximate surface area is 131 Å². The molecule has 2 unspecified atom stereocenters. The zero-order chi connectivity index (χ0) is 13.8. The summed E-state index contributed by atoms with van der Waals surface area (Å²) in [5, 5.41) is 9.71. The molecule has 0 aromatic heterocycles. The maximum atomic E-state index is 12.0. The van der Waals surface area contributed by atoms with Gasteiger partial charge in [-0.2, -0.15) is 0 Å². The van der Waals surface area contributed by atoms with Crippen molar-refractivity contribution in [3.63, 3.8) is 0 Å². The van der Waals surface area contributed by atoms with Crippen LogP contribution in [0.2, 0.25) is 5.02 Å². The molecule has 0 radical (unpaired) electrons. The van der Waals surface area contributed by atoms with E-state index in [1.165, 1.54) is 6.42 Å². The monoisotopic (exact) mass is 317 g/mol. The number of hydrogen-bond donors (Lipinski definition) is 3. The minimum Gasteiger partial charge on any atom is -0.334 e. The molecule has 1 saturated heterocycles. The van der Waals surface area contributed by atoms with Crippen molar-refractivity contribution in [2.24, 2.45) is 0 Å². The van der Waals surface area contributed by atoms with E-state index in [9.17, 15) is 4.79 Å². The lowest BCUT2D eigenvalue weighted by atomic mass is 10.1. The topological polar surface area (TPSA) is 53.2 Å². The molecule has 1 heterocycles. The van der Waals surface area contributed by atoms with E-state index < -0.39 is 0 Å². The molecule has 0 spiro atoms. The number of halogens is 2. The molecular weight excluding hydrogens is 297 g/mol. The van der Waals surface area contributed by atoms with Gasteiger partial charge >= 0.3 is 6.03 Å². The SMILES string of the molecule is Cc1cccc(Cl)c1NC(=O)NC(C)C1CCCN1.Cl. The van der Waals surface area contributed by atoms with Gasteiger partial charge in [0.15, 0.2) is 0 Å². The molecule has 1 aromatic carbocycles. The molecule has 1 fully saturated rings. The van der Waals surface area contributed by atoms with Crippen molar-refractivity contribution in [2.45, 2.75) is 38.8 Å². The van der Waals surface area contributed by atoms with Crippen LogP contribution in [0.1, 0.15) is 25.3 Å². The molecule has 2 atom stereocenters. The summed E-state index contributed by atoms with van der Waals surface area (Å²) in [6.45, 7) is 4.97. The molecule has 2 rings (SSSR count). The normalized spacial score (nSPS) is 19.1. The number of carbonyl (C=O) groups is 1. The molecule has 0 bridgehead atoms. The van der Waals surface area contributed by atoms with Gasteiger partial charge in [0.1, 0.15) is 0 Å². The average molecular weight is 318 g/mol. The van der Waals surface area contributed by atoms with Crippen LogP contribution in [0.3, 0.4) is 0 Å². The van der Waals surface area contributed by atoms with E-state index in [4.69, 9.17) is 11.6 Å². The Balaban J connectivity index is 0.00000200. The molecule has 1 aliphatic heterocycles. The number of anilines is 1. The van der Waals surface area contributed by atoms with Gasteiger partial charge in [-0.15, -0.1) is 12.4 Å². The number of rotatable bonds is 3. The molecule has 3 N–H and O–H groups in total. The van der Waals surface area contributed by atoms with E-state index in [0.29, 0.717) is 16.8 Å². The van der Waals surface area contributed by atoms with E-state index in [1.807, 2.05) is 26.0 Å². The molecule has 1 aliphatic rings. The predicted octanol–water partition coefficient (Wildman–Crippen LogP) is 3.33. The number of urea groups is 1. The summed E-state index contributed by atoms with van der Waals surface area (Å²) in [5.41, 5.74) is 1.63. The molecule has 20 heavy (non-hydrogen) atoms. The van der Waals surface area contributed by atoms with Crippen molar-refractivity contribution in [3.05, 3.63) is 28.8 Å². The highest BCUT2D eigenvalue weighted by atomic mass is 35.5. The van der Waals surface area contributed by atoms with Crippen LogP contribution in [0, 0.1) is 6.92 Å². The summed E-state index contributed by atoms with van der Waals surface area (Å²) in [7, 11) is 0. The maximum Gasteiger partial charge on any atom is 0.319 e. The van der Waals surface area contributed by atoms with E-state index in [2.05, 4.69) is 16.0 Å². The van der Waals surface area contributed by atoms with E-state index in [-0.39, 0.29) is 24.5 Å². The first-order valence-corrected chi connectivity index (χ1v) is 7.01. The summed E-state index contributed by atoms with van der Waals surface area (Å²) in [5.74, 6) is 0. The average Bonchev–Trinajstić information content (AvgIpc) is 2.88. The smallest absolute Gasteiger partial charge is 0.319 e. The Hall–Kier alpha value is -0.970. The Morgan fingerprint density at radius 1 is 1.50 bits per heavy atom. The second-order valence-electron chi connectivity index (χ2n) is 5.02. The van der Waals surface area contributed by atoms with Gasteiger partial charge in [0.05, 0.1) is 10.7 Å². The second kappa shape index (κ2) is 7.72. The summed E-state index contributed by atoms with van der Waals surface area (Å²) in [4.78, 5) is 12.0. The highest BCUT2D eigenvalue weighted by molar-refractivity contribution is 6.33. The van der Waals surface area contributed by atoms with Crippen molar-refractivity contribution in [2.75, 3.05) is 11.9 Å². The number of amides is 2. The van der Waals surface area contributed by atoms with E-state index in [1.54, 1.807) is 6.07 Å². The van der Waals surface area contributed by atoms with Crippen LogP contribution in [0.4, 0.5) is 10.5 Å². The fourth-order valence-electron chi connectivity index (χ4n) is 2.39. The van der Waals surface area contributed by atoms with Gasteiger partial charge < -0.3 is 16.0 Å². The zero-order valence-corrected chi connectivity index (χ0v) is 13.3. The lowest BCUT2D eigenvalue weighted by Crippen LogP contribution is -2.47. The summed E-state index contributed by atoms with van der Waals surface area (Å²) in [6, 6.07) is 5.81. The van der Waals surface area contributed by atoms with Crippen LogP contribution in [0.25, 0.3) is 0 Å². The minimum absolute atomic E-state index is 0. The maximum absolute atomic E-state index is 12.0. The van der Waals surface area contributed by atoms with Crippen LogP contribution in [-0.2, 0) is 0 Å². The van der Waals surface area contributed by atoms with Crippen LogP contribution in [0.15, 0.2) is 18.2 Å². The number of aryl methyl sites for hydroxylation is 1. The first kappa shape index (κ1) is 17.1. The fourth-order valence-corrected chi connectivity index (χ4v) is 2.65. The van der Waals surface area contributed by atoms with Crippen molar-refractivity contribution in [3.8, 4) is 0 Å². The van der Waals surface area contributed by atoms with Crippen molar-refractivity contribution < 1.29 is 4.79 Å². The lowest BCUT2D eigenvalue weighted by Gasteiger charge is -2.21. The quantitative estimate of drug-likeness (QED) is 0.801. The third kappa shape index (κ3) is 4.27. The second-order valence-corrected chi connectivity index (χ2v) is 5.43. The number of nitrogens with one attached hydrogen (secondary N) is 3. The number of carbonyl (C=O) groups excluding carboxylic acids is 1. The Morgan fingerprint density at radius 3 is 2.85 bits per heavy atom. The Morgan fingerprint density at radius 2 is 2.25 bits per heavy atom. The fraction of sp³-hybridized carbons (Fsp3) is 0.500. The third-order valence-electron chi connectivity index (χ3n) is 3.52. The lowest BCUT2D eigenvalue weighted by molar-refractivity contribution is 0.246. The molecule has 6 heteroatoms. The van der Waals surface area contributed by atoms with E-state index in [0.717, 1.165) is 18.5 Å². The summed E-state index contributed by atoms with van der Waals surface area (Å²) >= 11 is 6.08. The van der Waals surface area contributed by atoms with Gasteiger partial charge in [-0.25, -0.2) is 4.79 Å². The van der Waals surface area contributed by atoms with Gasteiger partial charge in [0, 0.05) is 12.1 Å². The number of hydrogen-bond acceptors (Lipinski definition) is 2. The van der Waals surface area contributed by atoms with Crippen molar-refractivity contribution in [1.82, 2.24) is 10.6 Å². The molecule has 0 aliphatic carbocycles.